The van der Waals surface area contributed by atoms with E-state index in [-0.39, 0.29) is 6.09 Å². The zero-order valence-electron chi connectivity index (χ0n) is 15.3. The molecule has 5 nitrogen and oxygen atoms in total. The molecule has 5 heteroatoms. The Balaban J connectivity index is 1.91. The molecule has 1 saturated carbocycles. The smallest absolute Gasteiger partial charge is 0.410 e. The van der Waals surface area contributed by atoms with Crippen LogP contribution in [0.25, 0.3) is 0 Å². The van der Waals surface area contributed by atoms with Gasteiger partial charge in [0.2, 0.25) is 0 Å². The monoisotopic (exact) mass is 326 g/mol. The highest BCUT2D eigenvalue weighted by molar-refractivity contribution is 5.69. The first-order valence-electron chi connectivity index (χ1n) is 9.14. The number of rotatable bonds is 6. The predicted molar refractivity (Wildman–Crippen MR) is 91.6 cm³/mol. The fraction of sp³-hybridized carbons (Fsp3) is 0.944. The first-order valence-corrected chi connectivity index (χ1v) is 9.14. The summed E-state index contributed by atoms with van der Waals surface area (Å²) < 4.78 is 10.7. The minimum Gasteiger partial charge on any atom is -0.444 e. The van der Waals surface area contributed by atoms with Crippen LogP contribution in [0, 0.1) is 5.92 Å². The number of nitrogens with one attached hydrogen (secondary N) is 1. The fourth-order valence-corrected chi connectivity index (χ4v) is 3.99. The van der Waals surface area contributed by atoms with Crippen molar-refractivity contribution in [2.24, 2.45) is 5.92 Å². The molecule has 0 radical (unpaired) electrons. The number of hydrogen-bond acceptors (Lipinski definition) is 4. The van der Waals surface area contributed by atoms with Crippen LogP contribution in [0.5, 0.6) is 0 Å². The van der Waals surface area contributed by atoms with Crippen molar-refractivity contribution in [1.82, 2.24) is 10.2 Å². The van der Waals surface area contributed by atoms with Crippen LogP contribution in [0.1, 0.15) is 59.3 Å². The standard InChI is InChI=1S/C18H34N2O3/c1-18(2,3)23-17(21)20-12-6-10-16(20)14-8-5-9-15(14)19-11-7-13-22-4/h14-16,19H,5-13H2,1-4H3. The van der Waals surface area contributed by atoms with Crippen molar-refractivity contribution in [2.45, 2.75) is 77.0 Å². The van der Waals surface area contributed by atoms with Crippen LogP contribution < -0.4 is 5.32 Å². The zero-order valence-corrected chi connectivity index (χ0v) is 15.3. The largest absolute Gasteiger partial charge is 0.444 e. The van der Waals surface area contributed by atoms with Crippen molar-refractivity contribution < 1.29 is 14.3 Å². The van der Waals surface area contributed by atoms with E-state index in [2.05, 4.69) is 5.32 Å². The van der Waals surface area contributed by atoms with Gasteiger partial charge in [0.1, 0.15) is 5.60 Å². The van der Waals surface area contributed by atoms with Crippen LogP contribution in [0.15, 0.2) is 0 Å². The summed E-state index contributed by atoms with van der Waals surface area (Å²) >= 11 is 0. The summed E-state index contributed by atoms with van der Waals surface area (Å²) in [7, 11) is 1.75. The van der Waals surface area contributed by atoms with E-state index in [1.165, 1.54) is 19.3 Å². The molecule has 1 N–H and O–H groups in total. The molecule has 134 valence electrons. The van der Waals surface area contributed by atoms with E-state index in [1.807, 2.05) is 25.7 Å². The summed E-state index contributed by atoms with van der Waals surface area (Å²) in [5, 5.41) is 3.69. The number of amides is 1. The molecule has 2 aliphatic rings. The van der Waals surface area contributed by atoms with Gasteiger partial charge in [0.25, 0.3) is 0 Å². The highest BCUT2D eigenvalue weighted by atomic mass is 16.6. The highest BCUT2D eigenvalue weighted by Crippen LogP contribution is 2.36. The number of carbonyl (C=O) groups excluding carboxylic acids is 1. The van der Waals surface area contributed by atoms with E-state index >= 15 is 0 Å². The summed E-state index contributed by atoms with van der Waals surface area (Å²) in [6.45, 7) is 8.45. The van der Waals surface area contributed by atoms with Crippen LogP contribution in [-0.2, 0) is 9.47 Å². The van der Waals surface area contributed by atoms with Crippen LogP contribution in [0.4, 0.5) is 4.79 Å². The molecule has 1 aliphatic carbocycles. The molecule has 0 aromatic carbocycles. The molecule has 0 bridgehead atoms. The fourth-order valence-electron chi connectivity index (χ4n) is 3.99. The van der Waals surface area contributed by atoms with Crippen molar-refractivity contribution in [1.29, 1.82) is 0 Å². The summed E-state index contributed by atoms with van der Waals surface area (Å²) in [5.41, 5.74) is -0.419. The molecule has 1 heterocycles. The molecular formula is C18H34N2O3. The van der Waals surface area contributed by atoms with Crippen molar-refractivity contribution >= 4 is 6.09 Å². The maximum absolute atomic E-state index is 12.5. The number of ether oxygens (including phenoxy) is 2. The van der Waals surface area contributed by atoms with Gasteiger partial charge in [-0.05, 0) is 65.3 Å². The summed E-state index contributed by atoms with van der Waals surface area (Å²) in [6, 6.07) is 0.868. The van der Waals surface area contributed by atoms with Crippen LogP contribution >= 0.6 is 0 Å². The Morgan fingerprint density at radius 3 is 2.70 bits per heavy atom. The van der Waals surface area contributed by atoms with Gasteiger partial charge in [-0.1, -0.05) is 6.42 Å². The van der Waals surface area contributed by atoms with E-state index in [4.69, 9.17) is 9.47 Å². The topological polar surface area (TPSA) is 50.8 Å². The second-order valence-electron chi connectivity index (χ2n) is 7.89. The van der Waals surface area contributed by atoms with Gasteiger partial charge in [-0.2, -0.15) is 0 Å². The first-order chi connectivity index (χ1) is 10.9. The third kappa shape index (κ3) is 5.35. The molecule has 1 aliphatic heterocycles. The molecule has 23 heavy (non-hydrogen) atoms. The van der Waals surface area contributed by atoms with Gasteiger partial charge >= 0.3 is 6.09 Å². The predicted octanol–water partition coefficient (Wildman–Crippen LogP) is 3.18. The molecule has 2 fully saturated rings. The van der Waals surface area contributed by atoms with E-state index in [1.54, 1.807) is 7.11 Å². The van der Waals surface area contributed by atoms with Gasteiger partial charge in [0.05, 0.1) is 0 Å². The van der Waals surface area contributed by atoms with Crippen molar-refractivity contribution in [2.75, 3.05) is 26.8 Å². The first kappa shape index (κ1) is 18.5. The van der Waals surface area contributed by atoms with Gasteiger partial charge in [0.15, 0.2) is 0 Å². The summed E-state index contributed by atoms with van der Waals surface area (Å²) in [4.78, 5) is 14.5. The Bertz CT molecular complexity index is 381. The zero-order chi connectivity index (χ0) is 16.9. The third-order valence-electron chi connectivity index (χ3n) is 4.92. The Kier molecular flexibility index (Phi) is 6.72. The summed E-state index contributed by atoms with van der Waals surface area (Å²) in [5.74, 6) is 0.563. The minimum absolute atomic E-state index is 0.134. The van der Waals surface area contributed by atoms with Crippen molar-refractivity contribution in [3.05, 3.63) is 0 Å². The van der Waals surface area contributed by atoms with Gasteiger partial charge in [-0.3, -0.25) is 0 Å². The lowest BCUT2D eigenvalue weighted by Crippen LogP contribution is -2.47. The maximum Gasteiger partial charge on any atom is 0.410 e. The van der Waals surface area contributed by atoms with Gasteiger partial charge in [-0.25, -0.2) is 4.79 Å². The quantitative estimate of drug-likeness (QED) is 0.762. The molecule has 3 atom stereocenters. The number of methoxy groups -OCH3 is 1. The van der Waals surface area contributed by atoms with Gasteiger partial charge in [-0.15, -0.1) is 0 Å². The van der Waals surface area contributed by atoms with Gasteiger partial charge < -0.3 is 19.7 Å². The Hall–Kier alpha value is -0.810. The molecule has 0 aromatic heterocycles. The van der Waals surface area contributed by atoms with E-state index in [0.29, 0.717) is 18.0 Å². The Morgan fingerprint density at radius 2 is 2.00 bits per heavy atom. The normalized spacial score (nSPS) is 28.3. The maximum atomic E-state index is 12.5. The molecule has 1 amide bonds. The third-order valence-corrected chi connectivity index (χ3v) is 4.92. The molecule has 3 unspecified atom stereocenters. The molecule has 0 spiro atoms. The molecule has 0 aromatic rings. The minimum atomic E-state index is -0.419. The van der Waals surface area contributed by atoms with Crippen molar-refractivity contribution in [3.63, 3.8) is 0 Å². The summed E-state index contributed by atoms with van der Waals surface area (Å²) in [6.07, 6.45) is 6.80. The lowest BCUT2D eigenvalue weighted by Gasteiger charge is -2.34. The lowest BCUT2D eigenvalue weighted by molar-refractivity contribution is 0.0166. The molecular weight excluding hydrogens is 292 g/mol. The number of hydrogen-bond donors (Lipinski definition) is 1. The van der Waals surface area contributed by atoms with Crippen LogP contribution in [0.3, 0.4) is 0 Å². The van der Waals surface area contributed by atoms with Crippen molar-refractivity contribution in [3.8, 4) is 0 Å². The highest BCUT2D eigenvalue weighted by Gasteiger charge is 2.41. The number of nitrogens with zero attached hydrogens (tertiary/aromatic N) is 1. The Labute approximate surface area is 141 Å². The SMILES string of the molecule is COCCCNC1CCCC1C1CCCN1C(=O)OC(C)(C)C. The lowest BCUT2D eigenvalue weighted by atomic mass is 9.92. The number of carbonyl (C=O) groups is 1. The molecule has 1 saturated heterocycles. The molecule has 2 rings (SSSR count). The van der Waals surface area contributed by atoms with Crippen LogP contribution in [-0.4, -0.2) is 55.5 Å². The average molecular weight is 326 g/mol. The van der Waals surface area contributed by atoms with Gasteiger partial charge in [0, 0.05) is 32.3 Å². The second-order valence-corrected chi connectivity index (χ2v) is 7.89. The number of likely N-dealkylation sites (tertiary alicyclic amines) is 1. The average Bonchev–Trinajstić information content (AvgIpc) is 3.09. The van der Waals surface area contributed by atoms with E-state index in [0.717, 1.165) is 39.0 Å². The Morgan fingerprint density at radius 1 is 1.22 bits per heavy atom. The van der Waals surface area contributed by atoms with Crippen LogP contribution in [0.2, 0.25) is 0 Å². The van der Waals surface area contributed by atoms with E-state index < -0.39 is 5.60 Å². The second kappa shape index (κ2) is 8.34. The van der Waals surface area contributed by atoms with E-state index in [9.17, 15) is 4.79 Å².